The van der Waals surface area contributed by atoms with Gasteiger partial charge in [-0.2, -0.15) is 0 Å². The number of nitrogens with zero attached hydrogens (tertiary/aromatic N) is 2. The molecule has 5 atom stereocenters. The zero-order valence-corrected chi connectivity index (χ0v) is 20.0. The normalized spacial score (nSPS) is 18.6. The highest BCUT2D eigenvalue weighted by molar-refractivity contribution is 5.94. The first-order valence-electron chi connectivity index (χ1n) is 11.8. The van der Waals surface area contributed by atoms with Crippen molar-refractivity contribution in [2.75, 3.05) is 6.54 Å². The third kappa shape index (κ3) is 6.89. The van der Waals surface area contributed by atoms with Crippen LogP contribution >= 0.6 is 0 Å². The largest absolute Gasteiger partial charge is 0.480 e. The summed E-state index contributed by atoms with van der Waals surface area (Å²) in [6.07, 6.45) is 2.85. The number of likely N-dealkylation sites (tertiary alicyclic amines) is 1. The van der Waals surface area contributed by atoms with Crippen molar-refractivity contribution in [1.29, 1.82) is 0 Å². The molecule has 1 aliphatic heterocycles. The number of rotatable bonds is 11. The molecule has 3 rings (SSSR count). The maximum atomic E-state index is 13.2. The Morgan fingerprint density at radius 2 is 1.92 bits per heavy atom. The van der Waals surface area contributed by atoms with Crippen LogP contribution in [-0.2, 0) is 32.0 Å². The number of carbonyl (C=O) groups excluding carboxylic acids is 3. The number of aliphatic hydroxyl groups excluding tert-OH is 1. The molecular formula is C24H32N6O6. The first kappa shape index (κ1) is 26.8. The molecule has 0 spiro atoms. The number of H-pyrrole nitrogens is 1. The third-order valence-corrected chi connectivity index (χ3v) is 6.11. The molecule has 1 aliphatic rings. The van der Waals surface area contributed by atoms with E-state index < -0.39 is 48.1 Å². The molecular weight excluding hydrogens is 468 g/mol. The van der Waals surface area contributed by atoms with Crippen LogP contribution in [0.15, 0.2) is 42.9 Å². The summed E-state index contributed by atoms with van der Waals surface area (Å²) in [5, 5.41) is 23.9. The van der Waals surface area contributed by atoms with Crippen molar-refractivity contribution in [2.45, 2.75) is 62.9 Å². The van der Waals surface area contributed by atoms with Crippen molar-refractivity contribution in [1.82, 2.24) is 25.5 Å². The molecule has 36 heavy (non-hydrogen) atoms. The van der Waals surface area contributed by atoms with E-state index in [0.717, 1.165) is 5.56 Å². The predicted octanol–water partition coefficient (Wildman–Crippen LogP) is -1.05. The summed E-state index contributed by atoms with van der Waals surface area (Å²) in [5.41, 5.74) is 7.60. The zero-order chi connectivity index (χ0) is 26.2. The average molecular weight is 501 g/mol. The summed E-state index contributed by atoms with van der Waals surface area (Å²) in [6.45, 7) is 1.60. The Bertz CT molecular complexity index is 1040. The van der Waals surface area contributed by atoms with E-state index >= 15 is 0 Å². The monoisotopic (exact) mass is 500 g/mol. The fourth-order valence-electron chi connectivity index (χ4n) is 4.21. The number of carbonyl (C=O) groups is 4. The van der Waals surface area contributed by atoms with E-state index in [1.807, 2.05) is 30.3 Å². The van der Waals surface area contributed by atoms with Gasteiger partial charge in [-0.05, 0) is 31.7 Å². The Morgan fingerprint density at radius 3 is 2.53 bits per heavy atom. The fraction of sp³-hybridized carbons (Fsp3) is 0.458. The molecule has 3 amide bonds. The van der Waals surface area contributed by atoms with Crippen molar-refractivity contribution in [3.63, 3.8) is 0 Å². The first-order valence-corrected chi connectivity index (χ1v) is 11.8. The Morgan fingerprint density at radius 1 is 1.19 bits per heavy atom. The summed E-state index contributed by atoms with van der Waals surface area (Å²) >= 11 is 0. The van der Waals surface area contributed by atoms with Crippen LogP contribution in [0.5, 0.6) is 0 Å². The molecule has 1 aromatic carbocycles. The summed E-state index contributed by atoms with van der Waals surface area (Å²) < 4.78 is 0. The number of aromatic amines is 1. The number of carboxylic acid groups (broad SMARTS) is 1. The van der Waals surface area contributed by atoms with Crippen molar-refractivity contribution >= 4 is 23.7 Å². The van der Waals surface area contributed by atoms with Crippen LogP contribution in [0.4, 0.5) is 0 Å². The molecule has 194 valence electrons. The fourth-order valence-corrected chi connectivity index (χ4v) is 4.21. The van der Waals surface area contributed by atoms with Crippen molar-refractivity contribution in [2.24, 2.45) is 5.73 Å². The van der Waals surface area contributed by atoms with Gasteiger partial charge in [0.1, 0.15) is 12.1 Å². The summed E-state index contributed by atoms with van der Waals surface area (Å²) in [7, 11) is 0. The number of carboxylic acids is 1. The number of hydrogen-bond acceptors (Lipinski definition) is 7. The highest BCUT2D eigenvalue weighted by Crippen LogP contribution is 2.19. The minimum atomic E-state index is -1.56. The second-order valence-corrected chi connectivity index (χ2v) is 8.89. The van der Waals surface area contributed by atoms with Crippen LogP contribution in [-0.4, -0.2) is 85.6 Å². The van der Waals surface area contributed by atoms with Gasteiger partial charge in [-0.1, -0.05) is 30.3 Å². The average Bonchev–Trinajstić information content (AvgIpc) is 3.54. The number of aliphatic hydroxyl groups is 1. The lowest BCUT2D eigenvalue weighted by Gasteiger charge is -2.29. The standard InChI is InChI=1S/C24H32N6O6/c1-14(31)20(24(35)36)29-21(32)18(11-16-12-26-13-27-16)28-22(33)19-8-5-9-30(19)23(34)17(25)10-15-6-3-2-4-7-15/h2-4,6-7,12-14,17-20,31H,5,8-11,25H2,1H3,(H,26,27)(H,28,33)(H,29,32)(H,35,36). The molecule has 0 radical (unpaired) electrons. The predicted molar refractivity (Wildman–Crippen MR) is 128 cm³/mol. The van der Waals surface area contributed by atoms with E-state index in [4.69, 9.17) is 5.73 Å². The lowest BCUT2D eigenvalue weighted by molar-refractivity contribution is -0.145. The minimum absolute atomic E-state index is 0.00207. The van der Waals surface area contributed by atoms with Gasteiger partial charge >= 0.3 is 5.97 Å². The van der Waals surface area contributed by atoms with Gasteiger partial charge in [0.15, 0.2) is 6.04 Å². The van der Waals surface area contributed by atoms with Crippen molar-refractivity contribution in [3.8, 4) is 0 Å². The maximum Gasteiger partial charge on any atom is 0.328 e. The SMILES string of the molecule is CC(O)C(NC(=O)C(Cc1cnc[nH]1)NC(=O)C1CCCN1C(=O)C(N)Cc1ccccc1)C(=O)O. The van der Waals surface area contributed by atoms with E-state index in [0.29, 0.717) is 31.5 Å². The van der Waals surface area contributed by atoms with E-state index in [1.165, 1.54) is 24.3 Å². The molecule has 0 saturated carbocycles. The van der Waals surface area contributed by atoms with E-state index in [-0.39, 0.29) is 12.3 Å². The molecule has 7 N–H and O–H groups in total. The summed E-state index contributed by atoms with van der Waals surface area (Å²) in [6, 6.07) is 4.96. The van der Waals surface area contributed by atoms with E-state index in [2.05, 4.69) is 20.6 Å². The van der Waals surface area contributed by atoms with Gasteiger partial charge in [-0.25, -0.2) is 9.78 Å². The van der Waals surface area contributed by atoms with Crippen molar-refractivity contribution < 1.29 is 29.4 Å². The minimum Gasteiger partial charge on any atom is -0.480 e. The van der Waals surface area contributed by atoms with Gasteiger partial charge in [0, 0.05) is 24.9 Å². The quantitative estimate of drug-likeness (QED) is 0.225. The molecule has 1 saturated heterocycles. The van der Waals surface area contributed by atoms with Gasteiger partial charge in [-0.15, -0.1) is 0 Å². The topological polar surface area (TPSA) is 191 Å². The maximum absolute atomic E-state index is 13.2. The molecule has 12 heteroatoms. The number of aromatic nitrogens is 2. The number of benzene rings is 1. The summed E-state index contributed by atoms with van der Waals surface area (Å²) in [4.78, 5) is 58.8. The van der Waals surface area contributed by atoms with Crippen LogP contribution in [0.2, 0.25) is 0 Å². The molecule has 0 bridgehead atoms. The number of nitrogens with two attached hydrogens (primary N) is 1. The Kier molecular flexibility index (Phi) is 9.14. The lowest BCUT2D eigenvalue weighted by atomic mass is 10.0. The molecule has 5 unspecified atom stereocenters. The highest BCUT2D eigenvalue weighted by atomic mass is 16.4. The van der Waals surface area contributed by atoms with Crippen LogP contribution in [0.25, 0.3) is 0 Å². The number of imidazole rings is 1. The first-order chi connectivity index (χ1) is 17.2. The van der Waals surface area contributed by atoms with E-state index in [1.54, 1.807) is 0 Å². The molecule has 2 heterocycles. The second kappa shape index (κ2) is 12.3. The van der Waals surface area contributed by atoms with Crippen LogP contribution in [0, 0.1) is 0 Å². The van der Waals surface area contributed by atoms with Gasteiger partial charge < -0.3 is 36.5 Å². The zero-order valence-electron chi connectivity index (χ0n) is 20.0. The number of hydrogen-bond donors (Lipinski definition) is 6. The van der Waals surface area contributed by atoms with Crippen LogP contribution in [0.3, 0.4) is 0 Å². The van der Waals surface area contributed by atoms with Crippen LogP contribution in [0.1, 0.15) is 31.0 Å². The third-order valence-electron chi connectivity index (χ3n) is 6.11. The number of aliphatic carboxylic acids is 1. The van der Waals surface area contributed by atoms with Gasteiger partial charge in [0.05, 0.1) is 18.5 Å². The molecule has 0 aliphatic carbocycles. The molecule has 1 aromatic heterocycles. The Hall–Kier alpha value is -3.77. The molecule has 12 nitrogen and oxygen atoms in total. The van der Waals surface area contributed by atoms with Crippen LogP contribution < -0.4 is 16.4 Å². The lowest BCUT2D eigenvalue weighted by Crippen LogP contribution is -2.58. The van der Waals surface area contributed by atoms with E-state index in [9.17, 15) is 29.4 Å². The molecule has 2 aromatic rings. The number of amides is 3. The van der Waals surface area contributed by atoms with Gasteiger partial charge in [0.25, 0.3) is 0 Å². The summed E-state index contributed by atoms with van der Waals surface area (Å²) in [5.74, 6) is -3.10. The Labute approximate surface area is 208 Å². The van der Waals surface area contributed by atoms with Gasteiger partial charge in [-0.3, -0.25) is 14.4 Å². The Balaban J connectivity index is 1.71. The smallest absolute Gasteiger partial charge is 0.328 e. The van der Waals surface area contributed by atoms with Crippen molar-refractivity contribution in [3.05, 3.63) is 54.1 Å². The highest BCUT2D eigenvalue weighted by Gasteiger charge is 2.38. The second-order valence-electron chi connectivity index (χ2n) is 8.89. The molecule has 1 fully saturated rings. The van der Waals surface area contributed by atoms with Gasteiger partial charge in [0.2, 0.25) is 17.7 Å². The number of nitrogens with one attached hydrogen (secondary N) is 3.